The second-order valence-corrected chi connectivity index (χ2v) is 9.31. The first-order chi connectivity index (χ1) is 15.9. The molecular formula is C24H22N4O4S. The zero-order chi connectivity index (χ0) is 23.3. The van der Waals surface area contributed by atoms with Crippen molar-refractivity contribution in [2.45, 2.75) is 18.2 Å². The molecule has 0 saturated heterocycles. The number of para-hydroxylation sites is 1. The van der Waals surface area contributed by atoms with Crippen LogP contribution in [0.2, 0.25) is 0 Å². The third-order valence-corrected chi connectivity index (χ3v) is 5.67. The summed E-state index contributed by atoms with van der Waals surface area (Å²) >= 11 is 0. The fourth-order valence-corrected chi connectivity index (χ4v) is 3.77. The Kier molecular flexibility index (Phi) is 6.50. The van der Waals surface area contributed by atoms with Crippen molar-refractivity contribution < 1.29 is 17.6 Å². The summed E-state index contributed by atoms with van der Waals surface area (Å²) in [5, 5.41) is 2.37. The van der Waals surface area contributed by atoms with Gasteiger partial charge in [-0.1, -0.05) is 48.5 Å². The molecule has 0 saturated carbocycles. The Balaban J connectivity index is 1.78. The van der Waals surface area contributed by atoms with Gasteiger partial charge in [-0.3, -0.25) is 4.79 Å². The zero-order valence-corrected chi connectivity index (χ0v) is 18.7. The van der Waals surface area contributed by atoms with E-state index in [0.717, 1.165) is 11.8 Å². The Morgan fingerprint density at radius 3 is 2.30 bits per heavy atom. The lowest BCUT2D eigenvalue weighted by Gasteiger charge is -2.25. The van der Waals surface area contributed by atoms with Crippen LogP contribution >= 0.6 is 0 Å². The minimum absolute atomic E-state index is 0.0447. The molecule has 8 nitrogen and oxygen atoms in total. The van der Waals surface area contributed by atoms with Crippen LogP contribution in [0, 0.1) is 0 Å². The molecule has 0 atom stereocenters. The third kappa shape index (κ3) is 5.64. The van der Waals surface area contributed by atoms with E-state index in [1.165, 1.54) is 6.20 Å². The van der Waals surface area contributed by atoms with Crippen molar-refractivity contribution in [1.82, 2.24) is 9.97 Å². The Hall–Kier alpha value is -3.98. The maximum atomic E-state index is 13.2. The number of rotatable bonds is 8. The van der Waals surface area contributed by atoms with E-state index in [9.17, 15) is 13.2 Å². The number of aromatic nitrogens is 2. The van der Waals surface area contributed by atoms with Crippen LogP contribution in [-0.2, 0) is 22.9 Å². The van der Waals surface area contributed by atoms with E-state index in [4.69, 9.17) is 4.42 Å². The second-order valence-electron chi connectivity index (χ2n) is 7.40. The highest BCUT2D eigenvalue weighted by Gasteiger charge is 2.24. The summed E-state index contributed by atoms with van der Waals surface area (Å²) in [6, 6.07) is 22.2. The SMILES string of the molecule is CS(=O)(=O)c1ncc(N(Cc2ccccc2)Cc2ccco2)c(C(=O)Nc2ccccc2)n1. The molecule has 9 heteroatoms. The monoisotopic (exact) mass is 462 g/mol. The summed E-state index contributed by atoms with van der Waals surface area (Å²) in [5.74, 6) is 0.133. The first kappa shape index (κ1) is 22.2. The highest BCUT2D eigenvalue weighted by atomic mass is 32.2. The number of furan rings is 1. The van der Waals surface area contributed by atoms with Gasteiger partial charge >= 0.3 is 0 Å². The molecule has 0 aliphatic heterocycles. The molecular weight excluding hydrogens is 440 g/mol. The van der Waals surface area contributed by atoms with E-state index in [1.807, 2.05) is 47.4 Å². The Morgan fingerprint density at radius 2 is 1.67 bits per heavy atom. The minimum Gasteiger partial charge on any atom is -0.467 e. The summed E-state index contributed by atoms with van der Waals surface area (Å²) in [6.07, 6.45) is 3.95. The van der Waals surface area contributed by atoms with E-state index in [-0.39, 0.29) is 5.69 Å². The normalized spacial score (nSPS) is 11.2. The summed E-state index contributed by atoms with van der Waals surface area (Å²) < 4.78 is 29.7. The maximum Gasteiger partial charge on any atom is 0.276 e. The topological polar surface area (TPSA) is 105 Å². The molecule has 0 unspecified atom stereocenters. The van der Waals surface area contributed by atoms with Crippen LogP contribution in [0.4, 0.5) is 11.4 Å². The van der Waals surface area contributed by atoms with Gasteiger partial charge < -0.3 is 14.6 Å². The molecule has 0 aliphatic carbocycles. The van der Waals surface area contributed by atoms with E-state index >= 15 is 0 Å². The number of sulfone groups is 1. The lowest BCUT2D eigenvalue weighted by molar-refractivity contribution is 0.102. The molecule has 2 aromatic heterocycles. The number of carbonyl (C=O) groups is 1. The van der Waals surface area contributed by atoms with Gasteiger partial charge in [-0.2, -0.15) is 0 Å². The van der Waals surface area contributed by atoms with Gasteiger partial charge in [-0.25, -0.2) is 18.4 Å². The Labute approximate surface area is 191 Å². The van der Waals surface area contributed by atoms with E-state index < -0.39 is 20.9 Å². The van der Waals surface area contributed by atoms with Crippen molar-refractivity contribution in [2.24, 2.45) is 0 Å². The number of hydrogen-bond donors (Lipinski definition) is 1. The molecule has 0 bridgehead atoms. The minimum atomic E-state index is -3.72. The molecule has 168 valence electrons. The lowest BCUT2D eigenvalue weighted by atomic mass is 10.2. The fourth-order valence-electron chi connectivity index (χ4n) is 3.27. The van der Waals surface area contributed by atoms with E-state index in [2.05, 4.69) is 15.3 Å². The quantitative estimate of drug-likeness (QED) is 0.396. The number of anilines is 2. The predicted octanol–water partition coefficient (Wildman–Crippen LogP) is 3.93. The van der Waals surface area contributed by atoms with Crippen LogP contribution in [0.1, 0.15) is 21.8 Å². The molecule has 0 radical (unpaired) electrons. The van der Waals surface area contributed by atoms with Crippen LogP contribution in [-0.4, -0.2) is 30.5 Å². The van der Waals surface area contributed by atoms with Crippen LogP contribution in [0.25, 0.3) is 0 Å². The van der Waals surface area contributed by atoms with Crippen molar-refractivity contribution in [3.8, 4) is 0 Å². The largest absolute Gasteiger partial charge is 0.467 e. The van der Waals surface area contributed by atoms with Gasteiger partial charge in [0.25, 0.3) is 5.91 Å². The van der Waals surface area contributed by atoms with Gasteiger partial charge in [0.05, 0.1) is 24.7 Å². The summed E-state index contributed by atoms with van der Waals surface area (Å²) in [5.41, 5.74) is 1.90. The molecule has 2 aromatic carbocycles. The van der Waals surface area contributed by atoms with E-state index in [1.54, 1.807) is 36.6 Å². The first-order valence-corrected chi connectivity index (χ1v) is 12.0. The van der Waals surface area contributed by atoms with Crippen LogP contribution in [0.5, 0.6) is 0 Å². The van der Waals surface area contributed by atoms with Crippen molar-refractivity contribution in [3.63, 3.8) is 0 Å². The lowest BCUT2D eigenvalue weighted by Crippen LogP contribution is -2.27. The van der Waals surface area contributed by atoms with Gasteiger partial charge in [0, 0.05) is 18.5 Å². The molecule has 1 N–H and O–H groups in total. The van der Waals surface area contributed by atoms with Crippen molar-refractivity contribution in [2.75, 3.05) is 16.5 Å². The highest BCUT2D eigenvalue weighted by molar-refractivity contribution is 7.90. The number of hydrogen-bond acceptors (Lipinski definition) is 7. The number of carbonyl (C=O) groups excluding carboxylic acids is 1. The first-order valence-electron chi connectivity index (χ1n) is 10.1. The molecule has 4 rings (SSSR count). The number of benzene rings is 2. The molecule has 0 fully saturated rings. The number of nitrogens with zero attached hydrogens (tertiary/aromatic N) is 3. The van der Waals surface area contributed by atoms with Crippen molar-refractivity contribution >= 4 is 27.1 Å². The van der Waals surface area contributed by atoms with Crippen molar-refractivity contribution in [3.05, 3.63) is 102 Å². The molecule has 0 spiro atoms. The smallest absolute Gasteiger partial charge is 0.276 e. The third-order valence-electron chi connectivity index (χ3n) is 4.81. The van der Waals surface area contributed by atoms with Crippen LogP contribution in [0.15, 0.2) is 94.8 Å². The molecule has 2 heterocycles. The summed E-state index contributed by atoms with van der Waals surface area (Å²) in [4.78, 5) is 23.3. The predicted molar refractivity (Wildman–Crippen MR) is 125 cm³/mol. The second kappa shape index (κ2) is 9.66. The Bertz CT molecular complexity index is 1330. The maximum absolute atomic E-state index is 13.2. The number of amides is 1. The standard InChI is InChI=1S/C24H22N4O4S/c1-33(30,31)24-25-15-21(22(27-24)23(29)26-19-11-6-3-7-12-19)28(17-20-13-8-14-32-20)16-18-9-4-2-5-10-18/h2-15H,16-17H2,1H3,(H,26,29). The average Bonchev–Trinajstić information content (AvgIpc) is 3.32. The van der Waals surface area contributed by atoms with E-state index in [0.29, 0.717) is 30.2 Å². The molecule has 0 aliphatic rings. The molecule has 33 heavy (non-hydrogen) atoms. The highest BCUT2D eigenvalue weighted by Crippen LogP contribution is 2.25. The van der Waals surface area contributed by atoms with Crippen molar-refractivity contribution in [1.29, 1.82) is 0 Å². The van der Waals surface area contributed by atoms with Gasteiger partial charge in [-0.15, -0.1) is 0 Å². The van der Waals surface area contributed by atoms with Gasteiger partial charge in [-0.05, 0) is 29.8 Å². The zero-order valence-electron chi connectivity index (χ0n) is 17.9. The van der Waals surface area contributed by atoms with Gasteiger partial charge in [0.15, 0.2) is 5.69 Å². The summed E-state index contributed by atoms with van der Waals surface area (Å²) in [7, 11) is -3.72. The average molecular weight is 463 g/mol. The van der Waals surface area contributed by atoms with Crippen LogP contribution < -0.4 is 10.2 Å². The summed E-state index contributed by atoms with van der Waals surface area (Å²) in [6.45, 7) is 0.754. The number of nitrogens with one attached hydrogen (secondary N) is 1. The molecule has 1 amide bonds. The fraction of sp³-hybridized carbons (Fsp3) is 0.125. The van der Waals surface area contributed by atoms with Gasteiger partial charge in [0.2, 0.25) is 15.0 Å². The Morgan fingerprint density at radius 1 is 0.970 bits per heavy atom. The molecule has 4 aromatic rings. The van der Waals surface area contributed by atoms with Crippen LogP contribution in [0.3, 0.4) is 0 Å². The van der Waals surface area contributed by atoms with Gasteiger partial charge in [0.1, 0.15) is 5.76 Å².